The molecule has 0 saturated heterocycles. The molecule has 0 aliphatic rings. The lowest BCUT2D eigenvalue weighted by molar-refractivity contribution is 0.0697. The van der Waals surface area contributed by atoms with Gasteiger partial charge in [-0.15, -0.1) is 0 Å². The van der Waals surface area contributed by atoms with Crippen molar-refractivity contribution in [2.45, 2.75) is 20.3 Å². The maximum Gasteiger partial charge on any atom is 0.339 e. The van der Waals surface area contributed by atoms with E-state index >= 15 is 0 Å². The van der Waals surface area contributed by atoms with Gasteiger partial charge in [-0.1, -0.05) is 19.1 Å². The Kier molecular flexibility index (Phi) is 3.80. The molecule has 2 N–H and O–H groups in total. The van der Waals surface area contributed by atoms with Crippen molar-refractivity contribution in [1.82, 2.24) is 4.98 Å². The molecule has 4 heteroatoms. The van der Waals surface area contributed by atoms with Crippen molar-refractivity contribution in [2.75, 3.05) is 5.32 Å². The predicted molar refractivity (Wildman–Crippen MR) is 75.0 cm³/mol. The molecule has 4 nitrogen and oxygen atoms in total. The molecule has 1 aromatic carbocycles. The summed E-state index contributed by atoms with van der Waals surface area (Å²) in [6, 6.07) is 9.67. The number of pyridine rings is 1. The quantitative estimate of drug-likeness (QED) is 0.880. The summed E-state index contributed by atoms with van der Waals surface area (Å²) in [5.74, 6) is -0.986. The summed E-state index contributed by atoms with van der Waals surface area (Å²) in [7, 11) is 0. The molecule has 0 aliphatic heterocycles. The first kappa shape index (κ1) is 13.1. The van der Waals surface area contributed by atoms with Gasteiger partial charge in [-0.05, 0) is 37.1 Å². The number of aromatic carboxylic acids is 1. The monoisotopic (exact) mass is 256 g/mol. The third-order valence-corrected chi connectivity index (χ3v) is 2.91. The zero-order valence-corrected chi connectivity index (χ0v) is 11.0. The van der Waals surface area contributed by atoms with Crippen molar-refractivity contribution >= 4 is 17.3 Å². The SMILES string of the molecule is CCc1ccc(Nc2cc(C)ncc2C(=O)O)cc1. The Morgan fingerprint density at radius 1 is 1.32 bits per heavy atom. The highest BCUT2D eigenvalue weighted by atomic mass is 16.4. The van der Waals surface area contributed by atoms with Crippen LogP contribution in [-0.2, 0) is 6.42 Å². The molecule has 1 aromatic heterocycles. The van der Waals surface area contributed by atoms with E-state index in [1.54, 1.807) is 6.07 Å². The van der Waals surface area contributed by atoms with Crippen molar-refractivity contribution in [2.24, 2.45) is 0 Å². The number of carboxylic acid groups (broad SMARTS) is 1. The first-order chi connectivity index (χ1) is 9.10. The molecule has 0 radical (unpaired) electrons. The van der Waals surface area contributed by atoms with E-state index < -0.39 is 5.97 Å². The maximum absolute atomic E-state index is 11.1. The molecule has 0 unspecified atom stereocenters. The van der Waals surface area contributed by atoms with Gasteiger partial charge in [0.1, 0.15) is 5.56 Å². The van der Waals surface area contributed by atoms with Gasteiger partial charge in [0.2, 0.25) is 0 Å². The third-order valence-electron chi connectivity index (χ3n) is 2.91. The van der Waals surface area contributed by atoms with E-state index in [0.717, 1.165) is 17.8 Å². The number of carboxylic acids is 1. The summed E-state index contributed by atoms with van der Waals surface area (Å²) in [4.78, 5) is 15.2. The molecule has 0 saturated carbocycles. The summed E-state index contributed by atoms with van der Waals surface area (Å²) in [6.07, 6.45) is 2.36. The Bertz CT molecular complexity index is 592. The number of hydrogen-bond donors (Lipinski definition) is 2. The second-order valence-corrected chi connectivity index (χ2v) is 4.35. The maximum atomic E-state index is 11.1. The molecule has 98 valence electrons. The van der Waals surface area contributed by atoms with Crippen LogP contribution in [0.4, 0.5) is 11.4 Å². The normalized spacial score (nSPS) is 10.2. The molecule has 0 bridgehead atoms. The van der Waals surface area contributed by atoms with Gasteiger partial charge >= 0.3 is 5.97 Å². The lowest BCUT2D eigenvalue weighted by Gasteiger charge is -2.10. The van der Waals surface area contributed by atoms with Crippen LogP contribution in [0.25, 0.3) is 0 Å². The Balaban J connectivity index is 2.31. The molecular formula is C15H16N2O2. The summed E-state index contributed by atoms with van der Waals surface area (Å²) in [5.41, 5.74) is 3.62. The fraction of sp³-hybridized carbons (Fsp3) is 0.200. The van der Waals surface area contributed by atoms with Crippen LogP contribution in [0.15, 0.2) is 36.5 Å². The van der Waals surface area contributed by atoms with Crippen LogP contribution in [0.5, 0.6) is 0 Å². The van der Waals surface area contributed by atoms with Crippen LogP contribution in [-0.4, -0.2) is 16.1 Å². The Morgan fingerprint density at radius 3 is 2.58 bits per heavy atom. The molecular weight excluding hydrogens is 240 g/mol. The predicted octanol–water partition coefficient (Wildman–Crippen LogP) is 3.39. The summed E-state index contributed by atoms with van der Waals surface area (Å²) in [5, 5.41) is 12.3. The highest BCUT2D eigenvalue weighted by molar-refractivity contribution is 5.94. The molecule has 2 rings (SSSR count). The fourth-order valence-electron chi connectivity index (χ4n) is 1.81. The number of aryl methyl sites for hydroxylation is 2. The van der Waals surface area contributed by atoms with E-state index in [0.29, 0.717) is 5.69 Å². The average molecular weight is 256 g/mol. The number of nitrogens with zero attached hydrogens (tertiary/aromatic N) is 1. The van der Waals surface area contributed by atoms with Gasteiger partial charge in [0, 0.05) is 17.6 Å². The summed E-state index contributed by atoms with van der Waals surface area (Å²) in [6.45, 7) is 3.92. The highest BCUT2D eigenvalue weighted by Crippen LogP contribution is 2.21. The first-order valence-corrected chi connectivity index (χ1v) is 6.16. The van der Waals surface area contributed by atoms with E-state index in [1.165, 1.54) is 11.8 Å². The van der Waals surface area contributed by atoms with Crippen molar-refractivity contribution in [3.05, 3.63) is 53.3 Å². The van der Waals surface area contributed by atoms with Crippen LogP contribution in [0.1, 0.15) is 28.5 Å². The number of anilines is 2. The van der Waals surface area contributed by atoms with E-state index in [4.69, 9.17) is 5.11 Å². The lowest BCUT2D eigenvalue weighted by atomic mass is 10.1. The number of hydrogen-bond acceptors (Lipinski definition) is 3. The third kappa shape index (κ3) is 3.10. The van der Waals surface area contributed by atoms with Gasteiger partial charge < -0.3 is 10.4 Å². The van der Waals surface area contributed by atoms with Gasteiger partial charge in [-0.3, -0.25) is 4.98 Å². The first-order valence-electron chi connectivity index (χ1n) is 6.16. The molecule has 0 atom stereocenters. The van der Waals surface area contributed by atoms with Crippen molar-refractivity contribution in [3.8, 4) is 0 Å². The highest BCUT2D eigenvalue weighted by Gasteiger charge is 2.11. The number of carbonyl (C=O) groups is 1. The van der Waals surface area contributed by atoms with Gasteiger partial charge in [0.05, 0.1) is 5.69 Å². The minimum atomic E-state index is -0.986. The number of benzene rings is 1. The van der Waals surface area contributed by atoms with Crippen LogP contribution >= 0.6 is 0 Å². The van der Waals surface area contributed by atoms with Crippen molar-refractivity contribution < 1.29 is 9.90 Å². The van der Waals surface area contributed by atoms with Crippen LogP contribution in [0.2, 0.25) is 0 Å². The van der Waals surface area contributed by atoms with Crippen LogP contribution in [0, 0.1) is 6.92 Å². The number of aromatic nitrogens is 1. The van der Waals surface area contributed by atoms with Gasteiger partial charge in [-0.2, -0.15) is 0 Å². The number of rotatable bonds is 4. The molecule has 0 aliphatic carbocycles. The Labute approximate surface area is 112 Å². The van der Waals surface area contributed by atoms with Gasteiger partial charge in [-0.25, -0.2) is 4.79 Å². The topological polar surface area (TPSA) is 62.2 Å². The molecule has 0 fully saturated rings. The van der Waals surface area contributed by atoms with Crippen LogP contribution < -0.4 is 5.32 Å². The second kappa shape index (κ2) is 5.52. The zero-order chi connectivity index (χ0) is 13.8. The van der Waals surface area contributed by atoms with Gasteiger partial charge in [0.15, 0.2) is 0 Å². The lowest BCUT2D eigenvalue weighted by Crippen LogP contribution is -2.04. The van der Waals surface area contributed by atoms with Crippen molar-refractivity contribution in [3.63, 3.8) is 0 Å². The van der Waals surface area contributed by atoms with Crippen molar-refractivity contribution in [1.29, 1.82) is 0 Å². The average Bonchev–Trinajstić information content (AvgIpc) is 2.39. The molecule has 2 aromatic rings. The van der Waals surface area contributed by atoms with Gasteiger partial charge in [0.25, 0.3) is 0 Å². The Morgan fingerprint density at radius 2 is 2.00 bits per heavy atom. The van der Waals surface area contributed by atoms with E-state index in [9.17, 15) is 4.79 Å². The zero-order valence-electron chi connectivity index (χ0n) is 11.0. The molecule has 1 heterocycles. The smallest absolute Gasteiger partial charge is 0.339 e. The summed E-state index contributed by atoms with van der Waals surface area (Å²) >= 11 is 0. The number of nitrogens with one attached hydrogen (secondary N) is 1. The van der Waals surface area contributed by atoms with E-state index in [2.05, 4.69) is 17.2 Å². The largest absolute Gasteiger partial charge is 0.478 e. The van der Waals surface area contributed by atoms with E-state index in [1.807, 2.05) is 31.2 Å². The molecule has 0 spiro atoms. The fourth-order valence-corrected chi connectivity index (χ4v) is 1.81. The van der Waals surface area contributed by atoms with E-state index in [-0.39, 0.29) is 5.56 Å². The Hall–Kier alpha value is -2.36. The van der Waals surface area contributed by atoms with Crippen LogP contribution in [0.3, 0.4) is 0 Å². The molecule has 19 heavy (non-hydrogen) atoms. The molecule has 0 amide bonds. The minimum absolute atomic E-state index is 0.171. The standard InChI is InChI=1S/C15H16N2O2/c1-3-11-4-6-12(7-5-11)17-14-8-10(2)16-9-13(14)15(18)19/h4-9H,3H2,1-2H3,(H,16,17)(H,18,19). The minimum Gasteiger partial charge on any atom is -0.478 e. The second-order valence-electron chi connectivity index (χ2n) is 4.35. The summed E-state index contributed by atoms with van der Waals surface area (Å²) < 4.78 is 0.